The second kappa shape index (κ2) is 10.0. The van der Waals surface area contributed by atoms with Gasteiger partial charge in [-0.2, -0.15) is 5.10 Å². The van der Waals surface area contributed by atoms with Gasteiger partial charge in [0, 0.05) is 49.8 Å². The Balaban J connectivity index is 1.55. The first-order valence-corrected chi connectivity index (χ1v) is 10.8. The van der Waals surface area contributed by atoms with Crippen LogP contribution in [0.1, 0.15) is 23.4 Å². The maximum absolute atomic E-state index is 12.0. The van der Waals surface area contributed by atoms with E-state index in [1.807, 2.05) is 68.4 Å². The molecule has 0 fully saturated rings. The number of hydrazone groups is 1. The van der Waals surface area contributed by atoms with Crippen LogP contribution >= 0.6 is 35.0 Å². The van der Waals surface area contributed by atoms with E-state index < -0.39 is 0 Å². The highest BCUT2D eigenvalue weighted by molar-refractivity contribution is 7.99. The lowest BCUT2D eigenvalue weighted by Gasteiger charge is -2.09. The molecular formula is C22H21Cl2N3OS. The van der Waals surface area contributed by atoms with E-state index in [0.29, 0.717) is 22.2 Å². The van der Waals surface area contributed by atoms with Crippen LogP contribution in [0.5, 0.6) is 0 Å². The molecule has 0 aliphatic carbocycles. The fraction of sp³-hybridized carbons (Fsp3) is 0.182. The number of amides is 1. The number of halogens is 2. The van der Waals surface area contributed by atoms with E-state index in [1.54, 1.807) is 18.0 Å². The molecule has 3 aromatic rings. The second-order valence-corrected chi connectivity index (χ2v) is 8.53. The predicted molar refractivity (Wildman–Crippen MR) is 123 cm³/mol. The molecule has 150 valence electrons. The Kier molecular flexibility index (Phi) is 7.42. The summed E-state index contributed by atoms with van der Waals surface area (Å²) in [6, 6.07) is 17.3. The number of nitrogens with zero attached hydrogens (tertiary/aromatic N) is 2. The van der Waals surface area contributed by atoms with Gasteiger partial charge in [0.2, 0.25) is 5.91 Å². The average Bonchev–Trinajstić information content (AvgIpc) is 2.97. The summed E-state index contributed by atoms with van der Waals surface area (Å²) in [5.41, 5.74) is 6.63. The summed E-state index contributed by atoms with van der Waals surface area (Å²) in [6.45, 7) is 4.04. The number of nitrogens with one attached hydrogen (secondary N) is 1. The summed E-state index contributed by atoms with van der Waals surface area (Å²) >= 11 is 13.6. The maximum atomic E-state index is 12.0. The van der Waals surface area contributed by atoms with E-state index in [9.17, 15) is 4.79 Å². The van der Waals surface area contributed by atoms with Crippen molar-refractivity contribution in [3.05, 3.63) is 81.6 Å². The van der Waals surface area contributed by atoms with Crippen molar-refractivity contribution in [1.29, 1.82) is 0 Å². The van der Waals surface area contributed by atoms with Crippen molar-refractivity contribution in [1.82, 2.24) is 9.99 Å². The first-order chi connectivity index (χ1) is 13.9. The minimum Gasteiger partial charge on any atom is -0.318 e. The Morgan fingerprint density at radius 1 is 1.10 bits per heavy atom. The van der Waals surface area contributed by atoms with Gasteiger partial charge in [-0.15, -0.1) is 11.8 Å². The monoisotopic (exact) mass is 445 g/mol. The van der Waals surface area contributed by atoms with Gasteiger partial charge in [-0.05, 0) is 62.4 Å². The van der Waals surface area contributed by atoms with Gasteiger partial charge in [0.05, 0.1) is 6.21 Å². The van der Waals surface area contributed by atoms with Crippen molar-refractivity contribution >= 4 is 47.1 Å². The Bertz CT molecular complexity index is 1030. The van der Waals surface area contributed by atoms with Crippen LogP contribution in [0.2, 0.25) is 10.0 Å². The molecule has 0 atom stereocenters. The molecule has 4 nitrogen and oxygen atoms in total. The minimum absolute atomic E-state index is 0.119. The molecule has 1 aromatic heterocycles. The van der Waals surface area contributed by atoms with Crippen molar-refractivity contribution in [3.8, 4) is 5.69 Å². The van der Waals surface area contributed by atoms with Gasteiger partial charge in [0.1, 0.15) is 0 Å². The van der Waals surface area contributed by atoms with Crippen LogP contribution < -0.4 is 5.43 Å². The molecule has 0 radical (unpaired) electrons. The fourth-order valence-corrected chi connectivity index (χ4v) is 4.12. The number of aryl methyl sites for hydroxylation is 1. The van der Waals surface area contributed by atoms with E-state index in [4.69, 9.17) is 23.2 Å². The van der Waals surface area contributed by atoms with Gasteiger partial charge >= 0.3 is 0 Å². The van der Waals surface area contributed by atoms with Crippen LogP contribution in [0.15, 0.2) is 64.6 Å². The number of carbonyl (C=O) groups excluding carboxylic acids is 1. The lowest BCUT2D eigenvalue weighted by Crippen LogP contribution is -2.17. The average molecular weight is 446 g/mol. The summed E-state index contributed by atoms with van der Waals surface area (Å²) in [6.07, 6.45) is 2.06. The molecule has 2 aromatic carbocycles. The largest absolute Gasteiger partial charge is 0.318 e. The third-order valence-corrected chi connectivity index (χ3v) is 5.84. The fourth-order valence-electron chi connectivity index (χ4n) is 2.95. The van der Waals surface area contributed by atoms with Crippen LogP contribution in [0.4, 0.5) is 0 Å². The summed E-state index contributed by atoms with van der Waals surface area (Å²) in [5.74, 6) is 0.554. The van der Waals surface area contributed by atoms with Crippen molar-refractivity contribution in [2.75, 3.05) is 5.75 Å². The smallest absolute Gasteiger partial charge is 0.240 e. The Morgan fingerprint density at radius 2 is 1.86 bits per heavy atom. The summed E-state index contributed by atoms with van der Waals surface area (Å²) < 4.78 is 2.11. The summed E-state index contributed by atoms with van der Waals surface area (Å²) in [4.78, 5) is 13.1. The molecule has 0 unspecified atom stereocenters. The molecule has 1 N–H and O–H groups in total. The SMILES string of the molecule is Cc1cc(/C=N\NC(=O)CCSc2ccc(Cl)cc2)c(C)n1-c1cccc(Cl)c1. The minimum atomic E-state index is -0.119. The molecule has 0 bridgehead atoms. The Hall–Kier alpha value is -2.21. The van der Waals surface area contributed by atoms with Crippen LogP contribution in [-0.4, -0.2) is 22.4 Å². The lowest BCUT2D eigenvalue weighted by atomic mass is 10.2. The molecule has 29 heavy (non-hydrogen) atoms. The van der Waals surface area contributed by atoms with Crippen LogP contribution in [0.25, 0.3) is 5.69 Å². The second-order valence-electron chi connectivity index (χ2n) is 6.49. The number of hydrogen-bond donors (Lipinski definition) is 1. The molecule has 0 aliphatic heterocycles. The zero-order chi connectivity index (χ0) is 20.8. The number of carbonyl (C=O) groups is 1. The molecule has 0 saturated heterocycles. The molecule has 3 rings (SSSR count). The van der Waals surface area contributed by atoms with Gasteiger partial charge in [-0.25, -0.2) is 5.43 Å². The van der Waals surface area contributed by atoms with E-state index in [1.165, 1.54) is 0 Å². The van der Waals surface area contributed by atoms with Gasteiger partial charge < -0.3 is 4.57 Å². The van der Waals surface area contributed by atoms with E-state index >= 15 is 0 Å². The van der Waals surface area contributed by atoms with E-state index in [2.05, 4.69) is 15.1 Å². The third-order valence-electron chi connectivity index (χ3n) is 4.34. The number of rotatable bonds is 7. The molecule has 0 saturated carbocycles. The van der Waals surface area contributed by atoms with Crippen LogP contribution in [0, 0.1) is 13.8 Å². The first-order valence-electron chi connectivity index (χ1n) is 9.09. The highest BCUT2D eigenvalue weighted by Crippen LogP contribution is 2.22. The highest BCUT2D eigenvalue weighted by Gasteiger charge is 2.10. The molecule has 0 aliphatic rings. The number of aromatic nitrogens is 1. The first kappa shape index (κ1) is 21.5. The Labute approximate surface area is 184 Å². The molecule has 1 amide bonds. The maximum Gasteiger partial charge on any atom is 0.240 e. The number of thioether (sulfide) groups is 1. The highest BCUT2D eigenvalue weighted by atomic mass is 35.5. The molecular weight excluding hydrogens is 425 g/mol. The van der Waals surface area contributed by atoms with Gasteiger partial charge in [-0.3, -0.25) is 4.79 Å². The topological polar surface area (TPSA) is 46.4 Å². The Morgan fingerprint density at radius 3 is 2.59 bits per heavy atom. The quantitative estimate of drug-likeness (QED) is 0.274. The molecule has 7 heteroatoms. The zero-order valence-electron chi connectivity index (χ0n) is 16.2. The van der Waals surface area contributed by atoms with E-state index in [0.717, 1.165) is 27.5 Å². The van der Waals surface area contributed by atoms with E-state index in [-0.39, 0.29) is 5.91 Å². The van der Waals surface area contributed by atoms with Gasteiger partial charge in [0.15, 0.2) is 0 Å². The molecule has 0 spiro atoms. The van der Waals surface area contributed by atoms with Crippen molar-refractivity contribution in [2.45, 2.75) is 25.2 Å². The number of benzene rings is 2. The normalized spacial score (nSPS) is 11.2. The van der Waals surface area contributed by atoms with Gasteiger partial charge in [0.25, 0.3) is 0 Å². The standard InChI is InChI=1S/C22H21Cl2N3OS/c1-15-12-17(16(2)27(15)20-5-3-4-19(24)13-20)14-25-26-22(28)10-11-29-21-8-6-18(23)7-9-21/h3-9,12-14H,10-11H2,1-2H3,(H,26,28)/b25-14-. The van der Waals surface area contributed by atoms with Crippen molar-refractivity contribution < 1.29 is 4.79 Å². The van der Waals surface area contributed by atoms with Crippen molar-refractivity contribution in [2.24, 2.45) is 5.10 Å². The third kappa shape index (κ3) is 5.89. The van der Waals surface area contributed by atoms with Crippen LogP contribution in [0.3, 0.4) is 0 Å². The lowest BCUT2D eigenvalue weighted by molar-refractivity contribution is -0.120. The van der Waals surface area contributed by atoms with Crippen LogP contribution in [-0.2, 0) is 4.79 Å². The zero-order valence-corrected chi connectivity index (χ0v) is 18.5. The van der Waals surface area contributed by atoms with Gasteiger partial charge in [-0.1, -0.05) is 29.3 Å². The van der Waals surface area contributed by atoms with Crippen molar-refractivity contribution in [3.63, 3.8) is 0 Å². The number of hydrogen-bond acceptors (Lipinski definition) is 3. The predicted octanol–water partition coefficient (Wildman–Crippen LogP) is 6.03. The molecule has 1 heterocycles. The summed E-state index contributed by atoms with van der Waals surface area (Å²) in [5, 5.41) is 5.51. The summed E-state index contributed by atoms with van der Waals surface area (Å²) in [7, 11) is 0.